The van der Waals surface area contributed by atoms with Gasteiger partial charge in [-0.3, -0.25) is 5.84 Å². The van der Waals surface area contributed by atoms with Gasteiger partial charge in [0.25, 0.3) is 0 Å². The van der Waals surface area contributed by atoms with Gasteiger partial charge in [0.1, 0.15) is 5.60 Å². The van der Waals surface area contributed by atoms with E-state index in [0.717, 1.165) is 12.8 Å². The van der Waals surface area contributed by atoms with E-state index in [4.69, 9.17) is 17.0 Å². The molecule has 1 saturated heterocycles. The third-order valence-electron chi connectivity index (χ3n) is 2.64. The highest BCUT2D eigenvalue weighted by Gasteiger charge is 2.26. The normalized spacial score (nSPS) is 17.2. The first-order valence-corrected chi connectivity index (χ1v) is 6.54. The third kappa shape index (κ3) is 5.05. The molecule has 0 atom stereocenters. The van der Waals surface area contributed by atoms with E-state index in [9.17, 15) is 4.79 Å². The molecule has 1 heterocycles. The molecule has 0 saturated carbocycles. The van der Waals surface area contributed by atoms with Gasteiger partial charge >= 0.3 is 6.09 Å². The van der Waals surface area contributed by atoms with Gasteiger partial charge in [0, 0.05) is 19.1 Å². The van der Waals surface area contributed by atoms with Crippen LogP contribution in [0.5, 0.6) is 0 Å². The van der Waals surface area contributed by atoms with Crippen molar-refractivity contribution in [3.05, 3.63) is 0 Å². The van der Waals surface area contributed by atoms with E-state index in [-0.39, 0.29) is 6.09 Å². The lowest BCUT2D eigenvalue weighted by atomic mass is 10.1. The van der Waals surface area contributed by atoms with Crippen LogP contribution in [0.1, 0.15) is 33.6 Å². The summed E-state index contributed by atoms with van der Waals surface area (Å²) in [6.45, 7) is 6.99. The van der Waals surface area contributed by atoms with Gasteiger partial charge in [-0.25, -0.2) is 10.2 Å². The van der Waals surface area contributed by atoms with E-state index in [0.29, 0.717) is 24.2 Å². The number of rotatable bonds is 1. The molecule has 7 heteroatoms. The average molecular weight is 275 g/mol. The molecule has 0 spiro atoms. The first kappa shape index (κ1) is 15.0. The van der Waals surface area contributed by atoms with Crippen LogP contribution in [0.3, 0.4) is 0 Å². The maximum Gasteiger partial charge on any atom is 0.410 e. The second-order valence-corrected chi connectivity index (χ2v) is 5.80. The molecule has 5 N–H and O–H groups in total. The summed E-state index contributed by atoms with van der Waals surface area (Å²) in [6.07, 6.45) is 1.49. The molecule has 0 aromatic heterocycles. The molecule has 0 aromatic carbocycles. The van der Waals surface area contributed by atoms with E-state index in [1.54, 1.807) is 4.90 Å². The summed E-state index contributed by atoms with van der Waals surface area (Å²) in [7, 11) is 0. The fraction of sp³-hybridized carbons (Fsp3) is 0.818. The minimum atomic E-state index is -0.439. The third-order valence-corrected chi connectivity index (χ3v) is 2.90. The fourth-order valence-electron chi connectivity index (χ4n) is 1.77. The molecule has 1 fully saturated rings. The maximum absolute atomic E-state index is 11.8. The summed E-state index contributed by atoms with van der Waals surface area (Å²) < 4.78 is 5.33. The van der Waals surface area contributed by atoms with Crippen LogP contribution >= 0.6 is 12.2 Å². The van der Waals surface area contributed by atoms with Crippen LogP contribution in [-0.4, -0.2) is 40.8 Å². The van der Waals surface area contributed by atoms with Gasteiger partial charge in [-0.2, -0.15) is 0 Å². The Balaban J connectivity index is 2.35. The average Bonchev–Trinajstić information content (AvgIpc) is 2.27. The first-order valence-electron chi connectivity index (χ1n) is 6.13. The zero-order valence-corrected chi connectivity index (χ0v) is 12.1. The number of ether oxygens (including phenoxy) is 1. The highest BCUT2D eigenvalue weighted by molar-refractivity contribution is 7.80. The van der Waals surface area contributed by atoms with Gasteiger partial charge in [0.05, 0.1) is 0 Å². The van der Waals surface area contributed by atoms with Crippen molar-refractivity contribution in [3.8, 4) is 0 Å². The number of likely N-dealkylation sites (tertiary alicyclic amines) is 1. The fourth-order valence-corrected chi connectivity index (χ4v) is 1.94. The molecule has 1 rings (SSSR count). The van der Waals surface area contributed by atoms with Gasteiger partial charge in [-0.05, 0) is 45.8 Å². The number of thiocarbonyl (C=S) groups is 1. The van der Waals surface area contributed by atoms with E-state index in [2.05, 4.69) is 16.6 Å². The van der Waals surface area contributed by atoms with E-state index in [1.165, 1.54) is 0 Å². The molecular weight excluding hydrogens is 252 g/mol. The van der Waals surface area contributed by atoms with Crippen LogP contribution in [0.2, 0.25) is 0 Å². The zero-order valence-electron chi connectivity index (χ0n) is 11.3. The van der Waals surface area contributed by atoms with Crippen LogP contribution in [-0.2, 0) is 4.74 Å². The molecule has 0 aromatic rings. The highest BCUT2D eigenvalue weighted by atomic mass is 32.1. The molecule has 0 unspecified atom stereocenters. The molecule has 0 bridgehead atoms. The van der Waals surface area contributed by atoms with Gasteiger partial charge in [-0.15, -0.1) is 0 Å². The zero-order chi connectivity index (χ0) is 13.8. The quantitative estimate of drug-likeness (QED) is 0.464. The number of piperidine rings is 1. The van der Waals surface area contributed by atoms with E-state index >= 15 is 0 Å². The standard InChI is InChI=1S/C11H22N4O2S/c1-11(2,3)17-10(16)15-6-4-8(5-7-15)13-9(18)14-12/h8H,4-7,12H2,1-3H3,(H2,13,14,18)/p+1. The molecule has 18 heavy (non-hydrogen) atoms. The Morgan fingerprint density at radius 3 is 2.39 bits per heavy atom. The molecule has 6 nitrogen and oxygen atoms in total. The smallest absolute Gasteiger partial charge is 0.410 e. The Hall–Kier alpha value is -1.08. The largest absolute Gasteiger partial charge is 0.444 e. The second-order valence-electron chi connectivity index (χ2n) is 5.39. The van der Waals surface area contributed by atoms with Crippen molar-refractivity contribution in [2.45, 2.75) is 45.3 Å². The minimum absolute atomic E-state index is 0.237. The van der Waals surface area contributed by atoms with E-state index in [1.807, 2.05) is 20.8 Å². The number of nitrogens with zero attached hydrogens (tertiary/aromatic N) is 1. The molecule has 104 valence electrons. The Bertz CT molecular complexity index is 309. The molecule has 0 radical (unpaired) electrons. The lowest BCUT2D eigenvalue weighted by molar-refractivity contribution is -0.419. The van der Waals surface area contributed by atoms with Crippen LogP contribution in [0.25, 0.3) is 0 Å². The Labute approximate surface area is 113 Å². The van der Waals surface area contributed by atoms with Crippen molar-refractivity contribution < 1.29 is 15.4 Å². The molecule has 1 aliphatic rings. The number of hydrogen-bond donors (Lipinski definition) is 3. The lowest BCUT2D eigenvalue weighted by Crippen LogP contribution is -2.70. The van der Waals surface area contributed by atoms with Crippen molar-refractivity contribution in [1.29, 1.82) is 0 Å². The summed E-state index contributed by atoms with van der Waals surface area (Å²) in [5.74, 6) is 3.50. The second kappa shape index (κ2) is 6.19. The molecule has 1 aliphatic heterocycles. The Morgan fingerprint density at radius 1 is 1.39 bits per heavy atom. The van der Waals surface area contributed by atoms with Crippen LogP contribution in [0, 0.1) is 0 Å². The lowest BCUT2D eigenvalue weighted by Gasteiger charge is -2.33. The van der Waals surface area contributed by atoms with Crippen molar-refractivity contribution >= 4 is 23.4 Å². The van der Waals surface area contributed by atoms with Crippen molar-refractivity contribution in [2.75, 3.05) is 13.1 Å². The van der Waals surface area contributed by atoms with Gasteiger partial charge in [-0.1, -0.05) is 0 Å². The Morgan fingerprint density at radius 2 is 1.94 bits per heavy atom. The molecule has 1 amide bonds. The van der Waals surface area contributed by atoms with Crippen LogP contribution < -0.4 is 16.6 Å². The van der Waals surface area contributed by atoms with Crippen molar-refractivity contribution in [3.63, 3.8) is 0 Å². The minimum Gasteiger partial charge on any atom is -0.444 e. The number of amides is 1. The topological polar surface area (TPSA) is 81.2 Å². The number of carbonyl (C=O) groups excluding carboxylic acids is 1. The summed E-state index contributed by atoms with van der Waals surface area (Å²) in [4.78, 5) is 13.6. The number of nitrogens with one attached hydrogen (secondary N) is 2. The monoisotopic (exact) mass is 275 g/mol. The van der Waals surface area contributed by atoms with Crippen LogP contribution in [0.15, 0.2) is 0 Å². The number of carbonyl (C=O) groups is 1. The number of hydrogen-bond acceptors (Lipinski definition) is 3. The SMILES string of the molecule is CC(C)(C)OC(=O)N1CCC(NC(=S)N[NH3+])CC1. The summed E-state index contributed by atoms with van der Waals surface area (Å²) in [5, 5.41) is 3.70. The summed E-state index contributed by atoms with van der Waals surface area (Å²) in [5.41, 5.74) is 2.20. The maximum atomic E-state index is 11.8. The van der Waals surface area contributed by atoms with Gasteiger partial charge in [0.2, 0.25) is 5.11 Å². The Kier molecular flexibility index (Phi) is 5.15. The molecular formula is C11H23N4O2S+. The highest BCUT2D eigenvalue weighted by Crippen LogP contribution is 2.15. The van der Waals surface area contributed by atoms with Gasteiger partial charge < -0.3 is 15.0 Å². The first-order chi connectivity index (χ1) is 8.31. The summed E-state index contributed by atoms with van der Waals surface area (Å²) in [6, 6.07) is 0.297. The predicted octanol–water partition coefficient (Wildman–Crippen LogP) is 0.00690. The van der Waals surface area contributed by atoms with Crippen molar-refractivity contribution in [1.82, 2.24) is 15.6 Å². The molecule has 0 aliphatic carbocycles. The van der Waals surface area contributed by atoms with E-state index < -0.39 is 5.60 Å². The predicted molar refractivity (Wildman–Crippen MR) is 72.6 cm³/mol. The number of quaternary nitrogens is 1. The van der Waals surface area contributed by atoms with Crippen molar-refractivity contribution in [2.24, 2.45) is 0 Å². The van der Waals surface area contributed by atoms with Gasteiger partial charge in [0.15, 0.2) is 0 Å². The summed E-state index contributed by atoms with van der Waals surface area (Å²) >= 11 is 5.00. The van der Waals surface area contributed by atoms with Crippen LogP contribution in [0.4, 0.5) is 4.79 Å².